The minimum Gasteiger partial charge on any atom is -0.369 e. The summed E-state index contributed by atoms with van der Waals surface area (Å²) in [5.74, 6) is 0. The van der Waals surface area contributed by atoms with Crippen molar-refractivity contribution in [3.63, 3.8) is 0 Å². The normalized spacial score (nSPS) is 21.7. The van der Waals surface area contributed by atoms with Crippen LogP contribution in [0, 0.1) is 6.92 Å². The third kappa shape index (κ3) is 2.12. The molecule has 1 unspecified atom stereocenters. The van der Waals surface area contributed by atoms with E-state index in [0.29, 0.717) is 18.0 Å². The van der Waals surface area contributed by atoms with Crippen molar-refractivity contribution in [2.45, 2.75) is 30.4 Å². The molecule has 1 atom stereocenters. The second-order valence-electron chi connectivity index (χ2n) is 4.87. The van der Waals surface area contributed by atoms with Gasteiger partial charge in [-0.1, -0.05) is 12.1 Å². The Morgan fingerprint density at radius 1 is 1.44 bits per heavy atom. The van der Waals surface area contributed by atoms with Gasteiger partial charge in [0.15, 0.2) is 9.84 Å². The van der Waals surface area contributed by atoms with E-state index < -0.39 is 9.84 Å². The number of sulfone groups is 1. The van der Waals surface area contributed by atoms with Gasteiger partial charge in [-0.2, -0.15) is 0 Å². The van der Waals surface area contributed by atoms with Gasteiger partial charge in [0.05, 0.1) is 15.8 Å². The summed E-state index contributed by atoms with van der Waals surface area (Å²) in [5, 5.41) is -0.357. The maximum Gasteiger partial charge on any atom is 0.184 e. The van der Waals surface area contributed by atoms with Gasteiger partial charge in [0.25, 0.3) is 0 Å². The summed E-state index contributed by atoms with van der Waals surface area (Å²) in [4.78, 5) is 2.63. The van der Waals surface area contributed by atoms with Gasteiger partial charge < -0.3 is 10.6 Å². The number of hydrogen-bond acceptors (Lipinski definition) is 4. The number of nitrogens with two attached hydrogens (primary N) is 1. The summed E-state index contributed by atoms with van der Waals surface area (Å²) in [6, 6.07) is 5.48. The Balaban J connectivity index is 2.52. The Labute approximate surface area is 109 Å². The van der Waals surface area contributed by atoms with E-state index in [2.05, 4.69) is 4.90 Å². The van der Waals surface area contributed by atoms with Crippen LogP contribution in [0.4, 0.5) is 5.69 Å². The molecule has 0 spiro atoms. The molecular weight excluding hydrogens is 248 g/mol. The van der Waals surface area contributed by atoms with Crippen LogP contribution in [-0.4, -0.2) is 33.3 Å². The van der Waals surface area contributed by atoms with Crippen molar-refractivity contribution in [1.82, 2.24) is 0 Å². The van der Waals surface area contributed by atoms with Crippen molar-refractivity contribution < 1.29 is 8.42 Å². The molecule has 5 heteroatoms. The van der Waals surface area contributed by atoms with Crippen LogP contribution in [0.15, 0.2) is 23.1 Å². The summed E-state index contributed by atoms with van der Waals surface area (Å²) in [7, 11) is -3.17. The van der Waals surface area contributed by atoms with Crippen LogP contribution in [0.25, 0.3) is 0 Å². The first-order valence-corrected chi connectivity index (χ1v) is 7.81. The molecule has 0 radical (unpaired) electrons. The fraction of sp³-hybridized carbons (Fsp3) is 0.538. The summed E-state index contributed by atoms with van der Waals surface area (Å²) in [5.41, 5.74) is 7.43. The molecule has 0 amide bonds. The zero-order valence-electron chi connectivity index (χ0n) is 10.9. The summed E-state index contributed by atoms with van der Waals surface area (Å²) in [6.07, 6.45) is 0.876. The average molecular weight is 268 g/mol. The van der Waals surface area contributed by atoms with E-state index in [9.17, 15) is 8.42 Å². The molecule has 1 aromatic rings. The molecule has 0 fully saturated rings. The van der Waals surface area contributed by atoms with Crippen LogP contribution < -0.4 is 10.6 Å². The quantitative estimate of drug-likeness (QED) is 0.898. The summed E-state index contributed by atoms with van der Waals surface area (Å²) >= 11 is 0. The maximum atomic E-state index is 12.3. The number of hydrogen-bond donors (Lipinski definition) is 1. The second-order valence-corrected chi connectivity index (χ2v) is 7.20. The third-order valence-electron chi connectivity index (χ3n) is 3.46. The number of aryl methyl sites for hydroxylation is 1. The van der Waals surface area contributed by atoms with Crippen molar-refractivity contribution in [3.8, 4) is 0 Å². The van der Waals surface area contributed by atoms with E-state index in [1.165, 1.54) is 0 Å². The van der Waals surface area contributed by atoms with Crippen molar-refractivity contribution in [2.24, 2.45) is 5.73 Å². The van der Waals surface area contributed by atoms with Crippen molar-refractivity contribution in [2.75, 3.05) is 24.5 Å². The van der Waals surface area contributed by atoms with Crippen LogP contribution in [0.3, 0.4) is 0 Å². The summed E-state index contributed by atoms with van der Waals surface area (Å²) in [6.45, 7) is 5.73. The Hall–Kier alpha value is -1.07. The minimum absolute atomic E-state index is 0.357. The second kappa shape index (κ2) is 4.90. The Morgan fingerprint density at radius 3 is 2.83 bits per heavy atom. The lowest BCUT2D eigenvalue weighted by molar-refractivity contribution is 0.570. The molecule has 0 saturated carbocycles. The molecular formula is C13H20N2O2S. The van der Waals surface area contributed by atoms with Gasteiger partial charge in [-0.05, 0) is 38.4 Å². The van der Waals surface area contributed by atoms with Gasteiger partial charge >= 0.3 is 0 Å². The highest BCUT2D eigenvalue weighted by molar-refractivity contribution is 7.92. The van der Waals surface area contributed by atoms with E-state index in [1.54, 1.807) is 13.0 Å². The lowest BCUT2D eigenvalue weighted by Gasteiger charge is -2.35. The molecule has 100 valence electrons. The van der Waals surface area contributed by atoms with Crippen LogP contribution in [0.5, 0.6) is 0 Å². The van der Waals surface area contributed by atoms with E-state index in [1.807, 2.05) is 19.1 Å². The van der Waals surface area contributed by atoms with Gasteiger partial charge in [0.2, 0.25) is 0 Å². The van der Waals surface area contributed by atoms with Crippen LogP contribution >= 0.6 is 0 Å². The predicted octanol–water partition coefficient (Wildman–Crippen LogP) is 1.33. The van der Waals surface area contributed by atoms with Gasteiger partial charge in [-0.25, -0.2) is 8.42 Å². The highest BCUT2D eigenvalue weighted by atomic mass is 32.2. The predicted molar refractivity (Wildman–Crippen MR) is 73.7 cm³/mol. The lowest BCUT2D eigenvalue weighted by atomic mass is 10.1. The first-order valence-electron chi connectivity index (χ1n) is 6.27. The third-order valence-corrected chi connectivity index (χ3v) is 5.61. The number of fused-ring (bicyclic) bond motifs is 1. The van der Waals surface area contributed by atoms with E-state index in [0.717, 1.165) is 24.2 Å². The Morgan fingerprint density at radius 2 is 2.17 bits per heavy atom. The molecule has 1 heterocycles. The standard InChI is InChI=1S/C13H20N2O2S/c1-10-5-3-6-12-13(10)15(8-4-7-14)9-11(2)18(12,16)17/h3,5-6,11H,4,7-9,14H2,1-2H3. The van der Waals surface area contributed by atoms with Crippen LogP contribution in [-0.2, 0) is 9.84 Å². The summed E-state index contributed by atoms with van der Waals surface area (Å²) < 4.78 is 24.6. The fourth-order valence-electron chi connectivity index (χ4n) is 2.47. The zero-order chi connectivity index (χ0) is 13.3. The van der Waals surface area contributed by atoms with Gasteiger partial charge in [0.1, 0.15) is 0 Å². The molecule has 1 aliphatic rings. The molecule has 2 rings (SSSR count). The van der Waals surface area contributed by atoms with Gasteiger partial charge in [0, 0.05) is 13.1 Å². The molecule has 18 heavy (non-hydrogen) atoms. The fourth-order valence-corrected chi connectivity index (χ4v) is 4.11. The molecule has 0 aromatic heterocycles. The van der Waals surface area contributed by atoms with E-state index >= 15 is 0 Å². The van der Waals surface area contributed by atoms with E-state index in [-0.39, 0.29) is 5.25 Å². The highest BCUT2D eigenvalue weighted by Crippen LogP contribution is 2.36. The first-order chi connectivity index (χ1) is 8.48. The Bertz CT molecular complexity index is 540. The van der Waals surface area contributed by atoms with Gasteiger partial charge in [-0.15, -0.1) is 0 Å². The van der Waals surface area contributed by atoms with Crippen LogP contribution in [0.1, 0.15) is 18.9 Å². The lowest BCUT2D eigenvalue weighted by Crippen LogP contribution is -2.42. The number of nitrogens with zero attached hydrogens (tertiary/aromatic N) is 1. The average Bonchev–Trinajstić information content (AvgIpc) is 2.32. The Kier molecular flexibility index (Phi) is 3.64. The largest absolute Gasteiger partial charge is 0.369 e. The molecule has 0 saturated heterocycles. The molecule has 0 aliphatic carbocycles. The van der Waals surface area contributed by atoms with Crippen molar-refractivity contribution in [1.29, 1.82) is 0 Å². The first kappa shape index (κ1) is 13.4. The topological polar surface area (TPSA) is 63.4 Å². The number of benzene rings is 1. The minimum atomic E-state index is -3.17. The maximum absolute atomic E-state index is 12.3. The monoisotopic (exact) mass is 268 g/mol. The molecule has 0 bridgehead atoms. The number of para-hydroxylation sites is 1. The van der Waals surface area contributed by atoms with Crippen LogP contribution in [0.2, 0.25) is 0 Å². The number of rotatable bonds is 3. The molecule has 1 aromatic carbocycles. The smallest absolute Gasteiger partial charge is 0.184 e. The zero-order valence-corrected chi connectivity index (χ0v) is 11.7. The molecule has 4 nitrogen and oxygen atoms in total. The van der Waals surface area contributed by atoms with E-state index in [4.69, 9.17) is 5.73 Å². The molecule has 2 N–H and O–H groups in total. The van der Waals surface area contributed by atoms with Crippen molar-refractivity contribution >= 4 is 15.5 Å². The number of anilines is 1. The SMILES string of the molecule is Cc1cccc2c1N(CCCN)CC(C)S2(=O)=O. The molecule has 1 aliphatic heterocycles. The van der Waals surface area contributed by atoms with Crippen molar-refractivity contribution in [3.05, 3.63) is 23.8 Å². The van der Waals surface area contributed by atoms with Gasteiger partial charge in [-0.3, -0.25) is 0 Å². The highest BCUT2D eigenvalue weighted by Gasteiger charge is 2.34.